The van der Waals surface area contributed by atoms with Gasteiger partial charge in [-0.2, -0.15) is 0 Å². The number of carbonyl (C=O) groups excluding carboxylic acids is 3. The van der Waals surface area contributed by atoms with Crippen LogP contribution in [0.25, 0.3) is 6.08 Å². The van der Waals surface area contributed by atoms with Crippen LogP contribution in [0.15, 0.2) is 34.4 Å². The summed E-state index contributed by atoms with van der Waals surface area (Å²) in [5.41, 5.74) is -0.296. The molecule has 0 saturated carbocycles. The van der Waals surface area contributed by atoms with Gasteiger partial charge in [0.05, 0.1) is 30.7 Å². The van der Waals surface area contributed by atoms with Crippen molar-refractivity contribution < 1.29 is 33.2 Å². The van der Waals surface area contributed by atoms with E-state index in [0.717, 1.165) is 11.0 Å². The minimum atomic E-state index is -0.726. The SMILES string of the molecule is COC(=O)c1ccc(CN2C(=O)NC(=Cc3cc(Cl)c(OC)c([N+](=O)[O-])c3)C2=O)o1. The van der Waals surface area contributed by atoms with Crippen molar-refractivity contribution in [3.63, 3.8) is 0 Å². The molecular formula is C18H14ClN3O8. The standard InChI is InChI=1S/C18H14ClN3O8/c1-28-15-11(19)5-9(7-13(15)22(26)27)6-12-16(23)21(18(25)20-12)8-10-3-4-14(30-10)17(24)29-2/h3-7H,8H2,1-2H3,(H,20,25). The average Bonchev–Trinajstić information content (AvgIpc) is 3.27. The first-order chi connectivity index (χ1) is 14.2. The van der Waals surface area contributed by atoms with Crippen molar-refractivity contribution in [1.29, 1.82) is 0 Å². The lowest BCUT2D eigenvalue weighted by molar-refractivity contribution is -0.385. The van der Waals surface area contributed by atoms with E-state index in [1.165, 1.54) is 38.5 Å². The molecule has 30 heavy (non-hydrogen) atoms. The summed E-state index contributed by atoms with van der Waals surface area (Å²) < 4.78 is 14.7. The van der Waals surface area contributed by atoms with Gasteiger partial charge in [-0.25, -0.2) is 9.59 Å². The zero-order chi connectivity index (χ0) is 22.0. The molecule has 0 unspecified atom stereocenters. The molecule has 2 aromatic rings. The maximum atomic E-state index is 12.6. The summed E-state index contributed by atoms with van der Waals surface area (Å²) in [7, 11) is 2.43. The van der Waals surface area contributed by atoms with Gasteiger partial charge >= 0.3 is 17.7 Å². The van der Waals surface area contributed by atoms with Crippen molar-refractivity contribution >= 4 is 41.3 Å². The third-order valence-corrected chi connectivity index (χ3v) is 4.36. The Morgan fingerprint density at radius 2 is 2.07 bits per heavy atom. The van der Waals surface area contributed by atoms with E-state index >= 15 is 0 Å². The first kappa shape index (κ1) is 20.9. The number of furan rings is 1. The maximum Gasteiger partial charge on any atom is 0.373 e. The second kappa shape index (κ2) is 8.25. The lowest BCUT2D eigenvalue weighted by Crippen LogP contribution is -2.30. The summed E-state index contributed by atoms with van der Waals surface area (Å²) in [6.07, 6.45) is 1.25. The van der Waals surface area contributed by atoms with E-state index < -0.39 is 28.5 Å². The number of ether oxygens (including phenoxy) is 2. The monoisotopic (exact) mass is 435 g/mol. The van der Waals surface area contributed by atoms with Gasteiger partial charge in [0.25, 0.3) is 5.91 Å². The number of urea groups is 1. The smallest absolute Gasteiger partial charge is 0.373 e. The van der Waals surface area contributed by atoms with Crippen LogP contribution in [0.3, 0.4) is 0 Å². The number of benzene rings is 1. The van der Waals surface area contributed by atoms with Crippen molar-refractivity contribution in [1.82, 2.24) is 10.2 Å². The van der Waals surface area contributed by atoms with Crippen LogP contribution in [0, 0.1) is 10.1 Å². The van der Waals surface area contributed by atoms with Gasteiger partial charge in [-0.1, -0.05) is 11.6 Å². The van der Waals surface area contributed by atoms with E-state index in [-0.39, 0.29) is 40.1 Å². The largest absolute Gasteiger partial charge is 0.489 e. The molecule has 156 valence electrons. The summed E-state index contributed by atoms with van der Waals surface area (Å²) in [5.74, 6) is -1.40. The highest BCUT2D eigenvalue weighted by atomic mass is 35.5. The Kier molecular flexibility index (Phi) is 5.74. The first-order valence-corrected chi connectivity index (χ1v) is 8.66. The Balaban J connectivity index is 1.85. The number of esters is 1. The molecule has 1 fully saturated rings. The van der Waals surface area contributed by atoms with Crippen LogP contribution >= 0.6 is 11.6 Å². The Bertz CT molecular complexity index is 1090. The molecule has 1 aliphatic rings. The Hall–Kier alpha value is -3.86. The molecule has 0 aliphatic carbocycles. The van der Waals surface area contributed by atoms with Crippen LogP contribution in [0.5, 0.6) is 5.75 Å². The minimum Gasteiger partial charge on any atom is -0.489 e. The summed E-state index contributed by atoms with van der Waals surface area (Å²) >= 11 is 6.01. The van der Waals surface area contributed by atoms with Crippen LogP contribution in [0.4, 0.5) is 10.5 Å². The number of halogens is 1. The number of amides is 3. The molecule has 0 spiro atoms. The zero-order valence-corrected chi connectivity index (χ0v) is 16.4. The second-order valence-corrected chi connectivity index (χ2v) is 6.36. The third kappa shape index (κ3) is 3.96. The molecule has 11 nitrogen and oxygen atoms in total. The van der Waals surface area contributed by atoms with Crippen LogP contribution in [-0.4, -0.2) is 42.0 Å². The van der Waals surface area contributed by atoms with Crippen molar-refractivity contribution in [3.8, 4) is 5.75 Å². The van der Waals surface area contributed by atoms with Crippen molar-refractivity contribution in [3.05, 3.63) is 62.2 Å². The van der Waals surface area contributed by atoms with Gasteiger partial charge < -0.3 is 19.2 Å². The molecule has 2 heterocycles. The highest BCUT2D eigenvalue weighted by Gasteiger charge is 2.34. The molecule has 3 amide bonds. The van der Waals surface area contributed by atoms with Gasteiger partial charge in [0.1, 0.15) is 11.5 Å². The van der Waals surface area contributed by atoms with Crippen LogP contribution in [-0.2, 0) is 16.1 Å². The van der Waals surface area contributed by atoms with Gasteiger partial charge in [-0.3, -0.25) is 19.8 Å². The molecule has 3 rings (SSSR count). The summed E-state index contributed by atoms with van der Waals surface area (Å²) in [6.45, 7) is -0.234. The predicted octanol–water partition coefficient (Wildman–Crippen LogP) is 2.73. The molecule has 1 aliphatic heterocycles. The van der Waals surface area contributed by atoms with Crippen molar-refractivity contribution in [2.45, 2.75) is 6.54 Å². The molecule has 0 atom stereocenters. The fourth-order valence-corrected chi connectivity index (χ4v) is 3.03. The van der Waals surface area contributed by atoms with E-state index in [1.54, 1.807) is 0 Å². The third-order valence-electron chi connectivity index (χ3n) is 4.08. The molecule has 0 radical (unpaired) electrons. The predicted molar refractivity (Wildman–Crippen MR) is 102 cm³/mol. The molecule has 1 aromatic carbocycles. The zero-order valence-electron chi connectivity index (χ0n) is 15.6. The van der Waals surface area contributed by atoms with Gasteiger partial charge in [0, 0.05) is 6.07 Å². The number of rotatable bonds is 6. The highest BCUT2D eigenvalue weighted by Crippen LogP contribution is 2.36. The summed E-state index contributed by atoms with van der Waals surface area (Å²) in [6, 6.07) is 4.58. The van der Waals surface area contributed by atoms with Crippen LogP contribution in [0.2, 0.25) is 5.02 Å². The lowest BCUT2D eigenvalue weighted by Gasteiger charge is -2.09. The molecular weight excluding hydrogens is 422 g/mol. The van der Waals surface area contributed by atoms with Gasteiger partial charge in [-0.15, -0.1) is 0 Å². The molecule has 1 N–H and O–H groups in total. The van der Waals surface area contributed by atoms with Crippen molar-refractivity contribution in [2.24, 2.45) is 0 Å². The molecule has 12 heteroatoms. The fourth-order valence-electron chi connectivity index (χ4n) is 2.73. The quantitative estimate of drug-likeness (QED) is 0.240. The Labute approximate surface area is 173 Å². The maximum absolute atomic E-state index is 12.6. The number of imide groups is 1. The number of hydrogen-bond acceptors (Lipinski definition) is 8. The number of nitrogens with zero attached hydrogens (tertiary/aromatic N) is 2. The lowest BCUT2D eigenvalue weighted by atomic mass is 10.1. The Morgan fingerprint density at radius 1 is 1.33 bits per heavy atom. The van der Waals surface area contributed by atoms with Gasteiger partial charge in [0.15, 0.2) is 0 Å². The highest BCUT2D eigenvalue weighted by molar-refractivity contribution is 6.32. The van der Waals surface area contributed by atoms with E-state index in [1.807, 2.05) is 0 Å². The molecule has 1 saturated heterocycles. The summed E-state index contributed by atoms with van der Waals surface area (Å²) in [4.78, 5) is 47.6. The first-order valence-electron chi connectivity index (χ1n) is 8.28. The number of hydrogen-bond donors (Lipinski definition) is 1. The molecule has 0 bridgehead atoms. The Morgan fingerprint density at radius 3 is 2.70 bits per heavy atom. The topological polar surface area (TPSA) is 141 Å². The van der Waals surface area contributed by atoms with Crippen molar-refractivity contribution in [2.75, 3.05) is 14.2 Å². The van der Waals surface area contributed by atoms with E-state index in [2.05, 4.69) is 10.1 Å². The average molecular weight is 436 g/mol. The molecule has 1 aromatic heterocycles. The van der Waals surface area contributed by atoms with Gasteiger partial charge in [-0.05, 0) is 29.8 Å². The minimum absolute atomic E-state index is 0.0295. The van der Waals surface area contributed by atoms with Crippen LogP contribution < -0.4 is 10.1 Å². The second-order valence-electron chi connectivity index (χ2n) is 5.95. The number of nitrogens with one attached hydrogen (secondary N) is 1. The number of nitro benzene ring substituents is 1. The van der Waals surface area contributed by atoms with Gasteiger partial charge in [0.2, 0.25) is 11.5 Å². The number of methoxy groups -OCH3 is 2. The normalized spacial score (nSPS) is 14.8. The van der Waals surface area contributed by atoms with E-state index in [0.29, 0.717) is 0 Å². The van der Waals surface area contributed by atoms with E-state index in [4.69, 9.17) is 20.8 Å². The van der Waals surface area contributed by atoms with Crippen LogP contribution in [0.1, 0.15) is 21.9 Å². The van der Waals surface area contributed by atoms with E-state index in [9.17, 15) is 24.5 Å². The summed E-state index contributed by atoms with van der Waals surface area (Å²) in [5, 5.41) is 13.6. The fraction of sp³-hybridized carbons (Fsp3) is 0.167. The number of carbonyl (C=O) groups is 3. The number of nitro groups is 1.